The number of halogens is 1. The first-order chi connectivity index (χ1) is 6.64. The second-order valence-electron chi connectivity index (χ2n) is 4.41. The molecule has 0 amide bonds. The molecule has 0 atom stereocenters. The molecule has 0 bridgehead atoms. The van der Waals surface area contributed by atoms with Crippen molar-refractivity contribution in [2.45, 2.75) is 31.1 Å². The first kappa shape index (κ1) is 12.7. The van der Waals surface area contributed by atoms with Crippen LogP contribution in [0.1, 0.15) is 26.3 Å². The van der Waals surface area contributed by atoms with Crippen molar-refractivity contribution in [3.05, 3.63) is 28.2 Å². The maximum Gasteiger partial charge on any atom is 0.239 e. The zero-order chi connectivity index (χ0) is 11.9. The van der Waals surface area contributed by atoms with Crippen LogP contribution in [-0.2, 0) is 15.4 Å². The zero-order valence-corrected chi connectivity index (χ0v) is 11.3. The average Bonchev–Trinajstić information content (AvgIpc) is 1.99. The predicted molar refractivity (Wildman–Crippen MR) is 64.2 cm³/mol. The number of nitrogens with two attached hydrogens (primary N) is 1. The van der Waals surface area contributed by atoms with Crippen LogP contribution in [0.15, 0.2) is 27.6 Å². The van der Waals surface area contributed by atoms with Gasteiger partial charge in [0.25, 0.3) is 0 Å². The van der Waals surface area contributed by atoms with E-state index in [2.05, 4.69) is 15.9 Å². The lowest BCUT2D eigenvalue weighted by atomic mass is 9.87. The maximum absolute atomic E-state index is 11.3. The number of hydrogen-bond donors (Lipinski definition) is 1. The normalized spacial score (nSPS) is 12.9. The van der Waals surface area contributed by atoms with E-state index in [4.69, 9.17) is 5.14 Å². The van der Waals surface area contributed by atoms with Gasteiger partial charge in [0.2, 0.25) is 10.0 Å². The van der Waals surface area contributed by atoms with E-state index in [1.54, 1.807) is 6.07 Å². The Morgan fingerprint density at radius 1 is 1.27 bits per heavy atom. The SMILES string of the molecule is CC(C)(C)c1cccc(S(N)(=O)=O)c1Br. The highest BCUT2D eigenvalue weighted by Gasteiger charge is 2.22. The second kappa shape index (κ2) is 3.88. The van der Waals surface area contributed by atoms with Crippen molar-refractivity contribution < 1.29 is 8.42 Å². The van der Waals surface area contributed by atoms with Crippen molar-refractivity contribution in [1.29, 1.82) is 0 Å². The van der Waals surface area contributed by atoms with E-state index >= 15 is 0 Å². The summed E-state index contributed by atoms with van der Waals surface area (Å²) in [6, 6.07) is 5.08. The molecule has 0 saturated carbocycles. The molecule has 0 aliphatic rings. The van der Waals surface area contributed by atoms with Crippen molar-refractivity contribution in [3.8, 4) is 0 Å². The van der Waals surface area contributed by atoms with Gasteiger partial charge in [-0.15, -0.1) is 0 Å². The standard InChI is InChI=1S/C10H14BrNO2S/c1-10(2,3)7-5-4-6-8(9(7)11)15(12,13)14/h4-6H,1-3H3,(H2,12,13,14). The molecule has 5 heteroatoms. The maximum atomic E-state index is 11.3. The summed E-state index contributed by atoms with van der Waals surface area (Å²) in [7, 11) is -3.66. The third-order valence-corrected chi connectivity index (χ3v) is 4.15. The Morgan fingerprint density at radius 2 is 1.80 bits per heavy atom. The molecule has 3 nitrogen and oxygen atoms in total. The molecular formula is C10H14BrNO2S. The summed E-state index contributed by atoms with van der Waals surface area (Å²) in [4.78, 5) is 0.134. The lowest BCUT2D eigenvalue weighted by Gasteiger charge is -2.21. The fraction of sp³-hybridized carbons (Fsp3) is 0.400. The highest BCUT2D eigenvalue weighted by atomic mass is 79.9. The Kier molecular flexibility index (Phi) is 3.28. The van der Waals surface area contributed by atoms with Crippen LogP contribution in [0.5, 0.6) is 0 Å². The van der Waals surface area contributed by atoms with Crippen LogP contribution >= 0.6 is 15.9 Å². The van der Waals surface area contributed by atoms with Gasteiger partial charge >= 0.3 is 0 Å². The highest BCUT2D eigenvalue weighted by Crippen LogP contribution is 2.33. The van der Waals surface area contributed by atoms with E-state index < -0.39 is 10.0 Å². The lowest BCUT2D eigenvalue weighted by Crippen LogP contribution is -2.17. The van der Waals surface area contributed by atoms with Crippen LogP contribution in [0.4, 0.5) is 0 Å². The zero-order valence-electron chi connectivity index (χ0n) is 8.91. The Morgan fingerprint density at radius 3 is 2.20 bits per heavy atom. The Bertz CT molecular complexity index is 475. The molecular weight excluding hydrogens is 278 g/mol. The quantitative estimate of drug-likeness (QED) is 0.864. The molecule has 0 saturated heterocycles. The van der Waals surface area contributed by atoms with Gasteiger partial charge in [-0.2, -0.15) is 0 Å². The summed E-state index contributed by atoms with van der Waals surface area (Å²) in [6.07, 6.45) is 0. The fourth-order valence-electron chi connectivity index (χ4n) is 1.31. The van der Waals surface area contributed by atoms with E-state index in [1.807, 2.05) is 26.8 Å². The number of primary sulfonamides is 1. The molecule has 0 aliphatic carbocycles. The van der Waals surface area contributed by atoms with E-state index in [0.717, 1.165) is 5.56 Å². The Hall–Kier alpha value is -0.390. The third kappa shape index (κ3) is 2.80. The van der Waals surface area contributed by atoms with E-state index in [-0.39, 0.29) is 10.3 Å². The van der Waals surface area contributed by atoms with Crippen molar-refractivity contribution in [3.63, 3.8) is 0 Å². The lowest BCUT2D eigenvalue weighted by molar-refractivity contribution is 0.580. The fourth-order valence-corrected chi connectivity index (χ4v) is 3.47. The average molecular weight is 292 g/mol. The van der Waals surface area contributed by atoms with Gasteiger partial charge < -0.3 is 0 Å². The van der Waals surface area contributed by atoms with E-state index in [1.165, 1.54) is 6.07 Å². The van der Waals surface area contributed by atoms with Crippen molar-refractivity contribution in [1.82, 2.24) is 0 Å². The van der Waals surface area contributed by atoms with Crippen molar-refractivity contribution in [2.75, 3.05) is 0 Å². The smallest absolute Gasteiger partial charge is 0.225 e. The van der Waals surface area contributed by atoms with Crippen LogP contribution in [0.2, 0.25) is 0 Å². The first-order valence-corrected chi connectivity index (χ1v) is 6.80. The minimum atomic E-state index is -3.66. The number of hydrogen-bond acceptors (Lipinski definition) is 2. The Balaban J connectivity index is 3.51. The second-order valence-corrected chi connectivity index (χ2v) is 6.74. The number of sulfonamides is 1. The van der Waals surface area contributed by atoms with Crippen molar-refractivity contribution >= 4 is 26.0 Å². The monoisotopic (exact) mass is 291 g/mol. The minimum Gasteiger partial charge on any atom is -0.225 e. The van der Waals surface area contributed by atoms with Crippen molar-refractivity contribution in [2.24, 2.45) is 5.14 Å². The molecule has 0 fully saturated rings. The van der Waals surface area contributed by atoms with Gasteiger partial charge in [0.15, 0.2) is 0 Å². The van der Waals surface area contributed by atoms with Crippen LogP contribution in [-0.4, -0.2) is 8.42 Å². The number of rotatable bonds is 1. The van der Waals surface area contributed by atoms with Gasteiger partial charge in [-0.1, -0.05) is 32.9 Å². The van der Waals surface area contributed by atoms with Crippen LogP contribution in [0.3, 0.4) is 0 Å². The molecule has 0 spiro atoms. The molecule has 2 N–H and O–H groups in total. The van der Waals surface area contributed by atoms with Crippen LogP contribution < -0.4 is 5.14 Å². The first-order valence-electron chi connectivity index (χ1n) is 4.46. The summed E-state index contributed by atoms with van der Waals surface area (Å²) < 4.78 is 23.1. The Labute approximate surface area is 98.9 Å². The summed E-state index contributed by atoms with van der Waals surface area (Å²) >= 11 is 3.29. The summed E-state index contributed by atoms with van der Waals surface area (Å²) in [5.74, 6) is 0. The molecule has 84 valence electrons. The van der Waals surface area contributed by atoms with Gasteiger partial charge in [0, 0.05) is 4.47 Å². The van der Waals surface area contributed by atoms with Gasteiger partial charge in [0.1, 0.15) is 0 Å². The van der Waals surface area contributed by atoms with E-state index in [0.29, 0.717) is 4.47 Å². The number of benzene rings is 1. The molecule has 0 aromatic heterocycles. The van der Waals surface area contributed by atoms with Crippen LogP contribution in [0.25, 0.3) is 0 Å². The molecule has 15 heavy (non-hydrogen) atoms. The molecule has 1 aromatic rings. The highest BCUT2D eigenvalue weighted by molar-refractivity contribution is 9.10. The predicted octanol–water partition coefficient (Wildman–Crippen LogP) is 2.39. The molecule has 0 heterocycles. The van der Waals surface area contributed by atoms with Gasteiger partial charge in [-0.3, -0.25) is 0 Å². The summed E-state index contributed by atoms with van der Waals surface area (Å²) in [5.41, 5.74) is 0.800. The van der Waals surface area contributed by atoms with Gasteiger partial charge in [-0.05, 0) is 33.0 Å². The topological polar surface area (TPSA) is 60.2 Å². The van der Waals surface area contributed by atoms with E-state index in [9.17, 15) is 8.42 Å². The largest absolute Gasteiger partial charge is 0.239 e. The van der Waals surface area contributed by atoms with Crippen LogP contribution in [0, 0.1) is 0 Å². The molecule has 0 radical (unpaired) electrons. The summed E-state index contributed by atoms with van der Waals surface area (Å²) in [5, 5.41) is 5.11. The molecule has 0 unspecified atom stereocenters. The summed E-state index contributed by atoms with van der Waals surface area (Å²) in [6.45, 7) is 6.04. The molecule has 1 rings (SSSR count). The molecule has 0 aliphatic heterocycles. The van der Waals surface area contributed by atoms with Gasteiger partial charge in [0.05, 0.1) is 4.90 Å². The molecule has 1 aromatic carbocycles. The third-order valence-electron chi connectivity index (χ3n) is 2.08. The van der Waals surface area contributed by atoms with Gasteiger partial charge in [-0.25, -0.2) is 13.6 Å². The minimum absolute atomic E-state index is 0.125.